The van der Waals surface area contributed by atoms with Gasteiger partial charge in [0.05, 0.1) is 10.6 Å². The number of hydrogen-bond donors (Lipinski definition) is 1. The Morgan fingerprint density at radius 3 is 2.00 bits per heavy atom. The number of halogens is 1. The van der Waals surface area contributed by atoms with Crippen LogP contribution in [0.3, 0.4) is 0 Å². The zero-order valence-corrected chi connectivity index (χ0v) is 25.2. The highest BCUT2D eigenvalue weighted by molar-refractivity contribution is 7.92. The molecule has 0 unspecified atom stereocenters. The molecule has 7 nitrogen and oxygen atoms in total. The van der Waals surface area contributed by atoms with Crippen LogP contribution in [0.5, 0.6) is 0 Å². The second kappa shape index (κ2) is 14.3. The van der Waals surface area contributed by atoms with Crippen molar-refractivity contribution in [2.24, 2.45) is 0 Å². The van der Waals surface area contributed by atoms with Crippen LogP contribution < -0.4 is 9.62 Å². The minimum Gasteiger partial charge on any atom is -0.352 e. The summed E-state index contributed by atoms with van der Waals surface area (Å²) in [5.74, 6) is -1.05. The summed E-state index contributed by atoms with van der Waals surface area (Å²) in [6.07, 6.45) is 1.02. The van der Waals surface area contributed by atoms with E-state index >= 15 is 0 Å². The van der Waals surface area contributed by atoms with E-state index in [1.165, 1.54) is 29.2 Å². The van der Waals surface area contributed by atoms with Crippen molar-refractivity contribution in [1.29, 1.82) is 0 Å². The number of anilines is 1. The summed E-state index contributed by atoms with van der Waals surface area (Å²) < 4.78 is 42.5. The molecule has 0 heterocycles. The molecule has 9 heteroatoms. The van der Waals surface area contributed by atoms with Gasteiger partial charge >= 0.3 is 0 Å². The number of hydrogen-bond acceptors (Lipinski definition) is 4. The second-order valence-corrected chi connectivity index (χ2v) is 12.3. The fourth-order valence-corrected chi connectivity index (χ4v) is 5.86. The molecule has 0 saturated heterocycles. The Bertz CT molecular complexity index is 1400. The van der Waals surface area contributed by atoms with E-state index in [4.69, 9.17) is 0 Å². The number of rotatable bonds is 13. The summed E-state index contributed by atoms with van der Waals surface area (Å²) in [5.41, 5.74) is 1.99. The van der Waals surface area contributed by atoms with Crippen LogP contribution in [-0.4, -0.2) is 43.8 Å². The predicted molar refractivity (Wildman–Crippen MR) is 160 cm³/mol. The molecule has 3 rings (SSSR count). The predicted octanol–water partition coefficient (Wildman–Crippen LogP) is 5.87. The number of carbonyl (C=O) groups excluding carboxylic acids is 2. The van der Waals surface area contributed by atoms with Gasteiger partial charge < -0.3 is 10.2 Å². The fourth-order valence-electron chi connectivity index (χ4n) is 4.42. The van der Waals surface area contributed by atoms with Gasteiger partial charge in [-0.15, -0.1) is 0 Å². The van der Waals surface area contributed by atoms with Crippen LogP contribution in [-0.2, 0) is 26.2 Å². The molecule has 0 bridgehead atoms. The van der Waals surface area contributed by atoms with Crippen molar-refractivity contribution in [2.45, 2.75) is 76.9 Å². The van der Waals surface area contributed by atoms with E-state index in [9.17, 15) is 22.4 Å². The third-order valence-electron chi connectivity index (χ3n) is 7.11. The molecule has 0 spiro atoms. The first-order chi connectivity index (χ1) is 19.5. The van der Waals surface area contributed by atoms with Crippen LogP contribution in [0.25, 0.3) is 0 Å². The standard InChI is InChI=1S/C32H40FN3O4S/c1-6-24(5)34-32(38)30(7-2)35(21-25-13-17-27(33)18-14-25)31(37)22-36(28-19-15-26(16-20-28)23(3)4)41(39,40)29-11-9-8-10-12-29/h8-20,23-24,30H,6-7,21-22H2,1-5H3,(H,34,38)/t24-,30-/m1/s1. The lowest BCUT2D eigenvalue weighted by molar-refractivity contribution is -0.140. The van der Waals surface area contributed by atoms with Gasteiger partial charge in [0.1, 0.15) is 18.4 Å². The summed E-state index contributed by atoms with van der Waals surface area (Å²) in [5, 5.41) is 2.94. The van der Waals surface area contributed by atoms with E-state index in [1.807, 2.05) is 39.8 Å². The van der Waals surface area contributed by atoms with Crippen molar-refractivity contribution in [3.63, 3.8) is 0 Å². The first-order valence-corrected chi connectivity index (χ1v) is 15.4. The maximum absolute atomic E-state index is 14.1. The molecule has 3 aromatic rings. The van der Waals surface area contributed by atoms with Crippen molar-refractivity contribution >= 4 is 27.5 Å². The second-order valence-electron chi connectivity index (χ2n) is 10.5. The van der Waals surface area contributed by atoms with Gasteiger partial charge in [-0.1, -0.05) is 70.2 Å². The SMILES string of the molecule is CC[C@@H](C)NC(=O)[C@@H](CC)N(Cc1ccc(F)cc1)C(=O)CN(c1ccc(C(C)C)cc1)S(=O)(=O)c1ccccc1. The molecular weight excluding hydrogens is 541 g/mol. The Morgan fingerprint density at radius 2 is 1.46 bits per heavy atom. The maximum Gasteiger partial charge on any atom is 0.264 e. The lowest BCUT2D eigenvalue weighted by Crippen LogP contribution is -2.53. The van der Waals surface area contributed by atoms with Crippen LogP contribution in [0.2, 0.25) is 0 Å². The van der Waals surface area contributed by atoms with Gasteiger partial charge in [0.15, 0.2) is 0 Å². The molecule has 0 aliphatic rings. The highest BCUT2D eigenvalue weighted by Gasteiger charge is 2.34. The number of nitrogens with zero attached hydrogens (tertiary/aromatic N) is 2. The first-order valence-electron chi connectivity index (χ1n) is 14.0. The molecule has 1 N–H and O–H groups in total. The molecule has 0 aliphatic carbocycles. The van der Waals surface area contributed by atoms with Gasteiger partial charge in [-0.3, -0.25) is 13.9 Å². The molecule has 220 valence electrons. The number of amides is 2. The van der Waals surface area contributed by atoms with Crippen LogP contribution in [0.15, 0.2) is 83.8 Å². The van der Waals surface area contributed by atoms with E-state index in [1.54, 1.807) is 49.4 Å². The average molecular weight is 582 g/mol. The highest BCUT2D eigenvalue weighted by atomic mass is 32.2. The molecule has 0 saturated carbocycles. The van der Waals surface area contributed by atoms with E-state index in [0.29, 0.717) is 24.1 Å². The summed E-state index contributed by atoms with van der Waals surface area (Å²) in [7, 11) is -4.13. The van der Waals surface area contributed by atoms with Gasteiger partial charge in [-0.25, -0.2) is 12.8 Å². The van der Waals surface area contributed by atoms with Gasteiger partial charge in [-0.2, -0.15) is 0 Å². The molecule has 3 aromatic carbocycles. The molecule has 2 amide bonds. The minimum atomic E-state index is -4.13. The van der Waals surface area contributed by atoms with Gasteiger partial charge in [-0.05, 0) is 73.2 Å². The first kappa shape index (κ1) is 31.8. The monoisotopic (exact) mass is 581 g/mol. The summed E-state index contributed by atoms with van der Waals surface area (Å²) in [6.45, 7) is 9.20. The Labute approximate surface area is 243 Å². The van der Waals surface area contributed by atoms with Gasteiger partial charge in [0, 0.05) is 12.6 Å². The topological polar surface area (TPSA) is 86.8 Å². The van der Waals surface area contributed by atoms with Crippen LogP contribution in [0, 0.1) is 5.82 Å². The average Bonchev–Trinajstić information content (AvgIpc) is 2.97. The van der Waals surface area contributed by atoms with E-state index in [0.717, 1.165) is 9.87 Å². The number of carbonyl (C=O) groups is 2. The number of nitrogens with one attached hydrogen (secondary N) is 1. The van der Waals surface area contributed by atoms with Crippen molar-refractivity contribution in [3.05, 3.63) is 95.8 Å². The Kier molecular flexibility index (Phi) is 11.1. The van der Waals surface area contributed by atoms with E-state index < -0.39 is 34.3 Å². The molecule has 41 heavy (non-hydrogen) atoms. The fraction of sp³-hybridized carbons (Fsp3) is 0.375. The zero-order chi connectivity index (χ0) is 30.2. The molecule has 0 aliphatic heterocycles. The molecule has 0 aromatic heterocycles. The third-order valence-corrected chi connectivity index (χ3v) is 8.90. The minimum absolute atomic E-state index is 0.0110. The smallest absolute Gasteiger partial charge is 0.264 e. The van der Waals surface area contributed by atoms with Gasteiger partial charge in [0.25, 0.3) is 10.0 Å². The highest BCUT2D eigenvalue weighted by Crippen LogP contribution is 2.27. The largest absolute Gasteiger partial charge is 0.352 e. The molecule has 2 atom stereocenters. The van der Waals surface area contributed by atoms with Crippen LogP contribution in [0.1, 0.15) is 64.5 Å². The van der Waals surface area contributed by atoms with Crippen LogP contribution in [0.4, 0.5) is 10.1 Å². The summed E-state index contributed by atoms with van der Waals surface area (Å²) in [4.78, 5) is 28.8. The Hall–Kier alpha value is -3.72. The lowest BCUT2D eigenvalue weighted by Gasteiger charge is -2.33. The normalized spacial score (nSPS) is 13.0. The third kappa shape index (κ3) is 8.16. The molecule has 0 radical (unpaired) electrons. The number of sulfonamides is 1. The summed E-state index contributed by atoms with van der Waals surface area (Å²) >= 11 is 0. The van der Waals surface area contributed by atoms with Crippen molar-refractivity contribution in [2.75, 3.05) is 10.8 Å². The quantitative estimate of drug-likeness (QED) is 0.274. The Morgan fingerprint density at radius 1 is 0.854 bits per heavy atom. The van der Waals surface area contributed by atoms with E-state index in [2.05, 4.69) is 5.32 Å². The van der Waals surface area contributed by atoms with Crippen molar-refractivity contribution in [1.82, 2.24) is 10.2 Å². The molecular formula is C32H40FN3O4S. The van der Waals surface area contributed by atoms with Crippen molar-refractivity contribution in [3.8, 4) is 0 Å². The lowest BCUT2D eigenvalue weighted by atomic mass is 10.0. The van der Waals surface area contributed by atoms with Crippen LogP contribution >= 0.6 is 0 Å². The number of benzene rings is 3. The maximum atomic E-state index is 14.1. The van der Waals surface area contributed by atoms with E-state index in [-0.39, 0.29) is 29.3 Å². The zero-order valence-electron chi connectivity index (χ0n) is 24.4. The Balaban J connectivity index is 2.05. The summed E-state index contributed by atoms with van der Waals surface area (Å²) in [6, 6.07) is 19.8. The van der Waals surface area contributed by atoms with Gasteiger partial charge in [0.2, 0.25) is 11.8 Å². The van der Waals surface area contributed by atoms with Crippen molar-refractivity contribution < 1.29 is 22.4 Å². The molecule has 0 fully saturated rings.